The van der Waals surface area contributed by atoms with Crippen molar-refractivity contribution in [3.63, 3.8) is 0 Å². The third-order valence-electron chi connectivity index (χ3n) is 1.50. The molecule has 12 heavy (non-hydrogen) atoms. The van der Waals surface area contributed by atoms with Gasteiger partial charge in [0.1, 0.15) is 0 Å². The molecule has 0 bridgehead atoms. The maximum absolute atomic E-state index is 8.44. The molecule has 0 aromatic heterocycles. The first kappa shape index (κ1) is 11.3. The van der Waals surface area contributed by atoms with Crippen LogP contribution in [0.15, 0.2) is 12.2 Å². The standard InChI is InChI=1S/C11H18O/c1-2-3-4-5-6-7-8-9-10-11-12/h8-9,12H,2-5,10-11H2,1H3/b9-8+. The van der Waals surface area contributed by atoms with Crippen LogP contribution in [0.3, 0.4) is 0 Å². The van der Waals surface area contributed by atoms with Crippen molar-refractivity contribution >= 4 is 0 Å². The molecular weight excluding hydrogens is 148 g/mol. The second-order valence-corrected chi connectivity index (χ2v) is 2.69. The van der Waals surface area contributed by atoms with E-state index < -0.39 is 0 Å². The third kappa shape index (κ3) is 9.26. The molecule has 0 saturated carbocycles. The quantitative estimate of drug-likeness (QED) is 0.491. The van der Waals surface area contributed by atoms with E-state index in [9.17, 15) is 0 Å². The van der Waals surface area contributed by atoms with Crippen LogP contribution in [0.4, 0.5) is 0 Å². The summed E-state index contributed by atoms with van der Waals surface area (Å²) in [4.78, 5) is 0. The van der Waals surface area contributed by atoms with E-state index in [0.29, 0.717) is 6.42 Å². The second kappa shape index (κ2) is 10.3. The molecule has 0 aliphatic heterocycles. The van der Waals surface area contributed by atoms with Gasteiger partial charge in [-0.3, -0.25) is 0 Å². The van der Waals surface area contributed by atoms with Crippen molar-refractivity contribution in [2.45, 2.75) is 39.0 Å². The number of unbranched alkanes of at least 4 members (excludes halogenated alkanes) is 3. The number of hydrogen-bond acceptors (Lipinski definition) is 1. The van der Waals surface area contributed by atoms with E-state index in [0.717, 1.165) is 6.42 Å². The van der Waals surface area contributed by atoms with Crippen LogP contribution in [-0.2, 0) is 0 Å². The maximum Gasteiger partial charge on any atom is 0.0465 e. The van der Waals surface area contributed by atoms with Crippen molar-refractivity contribution < 1.29 is 5.11 Å². The number of aliphatic hydroxyl groups is 1. The lowest BCUT2D eigenvalue weighted by Crippen LogP contribution is -1.74. The minimum Gasteiger partial charge on any atom is -0.396 e. The van der Waals surface area contributed by atoms with Crippen LogP contribution < -0.4 is 0 Å². The van der Waals surface area contributed by atoms with Gasteiger partial charge in [0.05, 0.1) is 0 Å². The van der Waals surface area contributed by atoms with Gasteiger partial charge in [0.25, 0.3) is 0 Å². The molecule has 0 aliphatic carbocycles. The molecule has 0 atom stereocenters. The van der Waals surface area contributed by atoms with Crippen molar-refractivity contribution in [2.75, 3.05) is 6.61 Å². The molecular formula is C11H18O. The van der Waals surface area contributed by atoms with Gasteiger partial charge in [-0.2, -0.15) is 0 Å². The summed E-state index contributed by atoms with van der Waals surface area (Å²) >= 11 is 0. The van der Waals surface area contributed by atoms with Crippen LogP contribution in [-0.4, -0.2) is 11.7 Å². The Balaban J connectivity index is 3.22. The van der Waals surface area contributed by atoms with Crippen molar-refractivity contribution in [3.05, 3.63) is 12.2 Å². The molecule has 0 heterocycles. The van der Waals surface area contributed by atoms with Crippen molar-refractivity contribution in [1.82, 2.24) is 0 Å². The summed E-state index contributed by atoms with van der Waals surface area (Å²) < 4.78 is 0. The van der Waals surface area contributed by atoms with E-state index in [1.165, 1.54) is 19.3 Å². The van der Waals surface area contributed by atoms with Gasteiger partial charge >= 0.3 is 0 Å². The van der Waals surface area contributed by atoms with Crippen LogP contribution in [0.2, 0.25) is 0 Å². The Labute approximate surface area is 75.5 Å². The van der Waals surface area contributed by atoms with Crippen LogP contribution in [0.25, 0.3) is 0 Å². The molecule has 0 saturated heterocycles. The average Bonchev–Trinajstić information content (AvgIpc) is 2.10. The number of rotatable bonds is 5. The zero-order valence-electron chi connectivity index (χ0n) is 7.84. The highest BCUT2D eigenvalue weighted by Gasteiger charge is 1.79. The van der Waals surface area contributed by atoms with E-state index in [1.807, 2.05) is 12.2 Å². The first-order valence-electron chi connectivity index (χ1n) is 4.66. The molecule has 0 fully saturated rings. The first-order valence-corrected chi connectivity index (χ1v) is 4.66. The number of hydrogen-bond donors (Lipinski definition) is 1. The van der Waals surface area contributed by atoms with Crippen LogP contribution in [0, 0.1) is 11.8 Å². The predicted octanol–water partition coefficient (Wildman–Crippen LogP) is 2.51. The Morgan fingerprint density at radius 2 is 2.17 bits per heavy atom. The van der Waals surface area contributed by atoms with Crippen LogP contribution in [0.1, 0.15) is 39.0 Å². The van der Waals surface area contributed by atoms with Crippen LogP contribution >= 0.6 is 0 Å². The van der Waals surface area contributed by atoms with Gasteiger partial charge in [-0.25, -0.2) is 0 Å². The molecule has 0 radical (unpaired) electrons. The maximum atomic E-state index is 8.44. The fourth-order valence-electron chi connectivity index (χ4n) is 0.811. The summed E-state index contributed by atoms with van der Waals surface area (Å²) in [6.45, 7) is 2.41. The van der Waals surface area contributed by atoms with E-state index in [1.54, 1.807) is 0 Å². The van der Waals surface area contributed by atoms with Crippen molar-refractivity contribution in [3.8, 4) is 11.8 Å². The van der Waals surface area contributed by atoms with Gasteiger partial charge in [-0.15, -0.1) is 0 Å². The smallest absolute Gasteiger partial charge is 0.0465 e. The second-order valence-electron chi connectivity index (χ2n) is 2.69. The van der Waals surface area contributed by atoms with Gasteiger partial charge in [0.2, 0.25) is 0 Å². The highest BCUT2D eigenvalue weighted by molar-refractivity contribution is 5.14. The Hall–Kier alpha value is -0.740. The molecule has 0 aliphatic rings. The van der Waals surface area contributed by atoms with Gasteiger partial charge in [0.15, 0.2) is 0 Å². The Morgan fingerprint density at radius 3 is 2.83 bits per heavy atom. The lowest BCUT2D eigenvalue weighted by Gasteiger charge is -1.87. The molecule has 1 N–H and O–H groups in total. The lowest BCUT2D eigenvalue weighted by atomic mass is 10.2. The summed E-state index contributed by atoms with van der Waals surface area (Å²) in [5.41, 5.74) is 0. The van der Waals surface area contributed by atoms with Crippen molar-refractivity contribution in [2.24, 2.45) is 0 Å². The van der Waals surface area contributed by atoms with E-state index in [4.69, 9.17) is 5.11 Å². The molecule has 1 heteroatoms. The molecule has 0 aromatic carbocycles. The molecule has 1 nitrogen and oxygen atoms in total. The molecule has 0 aromatic rings. The zero-order chi connectivity index (χ0) is 9.07. The molecule has 0 unspecified atom stereocenters. The van der Waals surface area contributed by atoms with E-state index >= 15 is 0 Å². The van der Waals surface area contributed by atoms with Gasteiger partial charge in [-0.05, 0) is 18.9 Å². The SMILES string of the molecule is CCCCCC#C/C=C/CCO. The highest BCUT2D eigenvalue weighted by Crippen LogP contribution is 1.96. The molecule has 68 valence electrons. The monoisotopic (exact) mass is 166 g/mol. The van der Waals surface area contributed by atoms with Gasteiger partial charge < -0.3 is 5.11 Å². The lowest BCUT2D eigenvalue weighted by molar-refractivity contribution is 0.302. The summed E-state index contributed by atoms with van der Waals surface area (Å²) in [7, 11) is 0. The zero-order valence-corrected chi connectivity index (χ0v) is 7.84. The Morgan fingerprint density at radius 1 is 1.33 bits per heavy atom. The van der Waals surface area contributed by atoms with Crippen LogP contribution in [0.5, 0.6) is 0 Å². The number of aliphatic hydroxyl groups excluding tert-OH is 1. The summed E-state index contributed by atoms with van der Waals surface area (Å²) in [6.07, 6.45) is 9.16. The minimum absolute atomic E-state index is 0.216. The summed E-state index contributed by atoms with van der Waals surface area (Å²) in [5, 5.41) is 8.44. The van der Waals surface area contributed by atoms with E-state index in [2.05, 4.69) is 18.8 Å². The summed E-state index contributed by atoms with van der Waals surface area (Å²) in [5.74, 6) is 6.00. The Bertz CT molecular complexity index is 160. The largest absolute Gasteiger partial charge is 0.396 e. The molecule has 0 rings (SSSR count). The molecule has 0 spiro atoms. The first-order chi connectivity index (χ1) is 5.91. The molecule has 0 amide bonds. The fraction of sp³-hybridized carbons (Fsp3) is 0.636. The number of allylic oxidation sites excluding steroid dienone is 1. The van der Waals surface area contributed by atoms with Gasteiger partial charge in [-0.1, -0.05) is 37.7 Å². The third-order valence-corrected chi connectivity index (χ3v) is 1.50. The van der Waals surface area contributed by atoms with Crippen molar-refractivity contribution in [1.29, 1.82) is 0 Å². The normalized spacial score (nSPS) is 9.83. The Kier molecular flexibility index (Phi) is 9.63. The topological polar surface area (TPSA) is 20.2 Å². The minimum atomic E-state index is 0.216. The van der Waals surface area contributed by atoms with E-state index in [-0.39, 0.29) is 6.61 Å². The fourth-order valence-corrected chi connectivity index (χ4v) is 0.811. The van der Waals surface area contributed by atoms with Gasteiger partial charge in [0, 0.05) is 13.0 Å². The highest BCUT2D eigenvalue weighted by atomic mass is 16.2. The summed E-state index contributed by atoms with van der Waals surface area (Å²) in [6, 6.07) is 0. The average molecular weight is 166 g/mol. The predicted molar refractivity (Wildman–Crippen MR) is 52.8 cm³/mol.